The molecule has 0 aliphatic heterocycles. The van der Waals surface area contributed by atoms with Gasteiger partial charge in [0.2, 0.25) is 11.7 Å². The van der Waals surface area contributed by atoms with Gasteiger partial charge in [0.25, 0.3) is 0 Å². The Kier molecular flexibility index (Phi) is 4.62. The molecule has 21 heavy (non-hydrogen) atoms. The first-order chi connectivity index (χ1) is 9.83. The zero-order chi connectivity index (χ0) is 15.5. The second kappa shape index (κ2) is 6.26. The highest BCUT2D eigenvalue weighted by atomic mass is 32.2. The van der Waals surface area contributed by atoms with Gasteiger partial charge >= 0.3 is 0 Å². The Hall–Kier alpha value is -1.89. The summed E-state index contributed by atoms with van der Waals surface area (Å²) < 4.78 is 26.4. The van der Waals surface area contributed by atoms with Crippen molar-refractivity contribution in [2.24, 2.45) is 4.36 Å². The molecule has 0 atom stereocenters. The van der Waals surface area contributed by atoms with Gasteiger partial charge in [-0.2, -0.15) is 9.35 Å². The molecule has 1 aromatic carbocycles. The number of ether oxygens (including phenoxy) is 1. The summed E-state index contributed by atoms with van der Waals surface area (Å²) in [6.07, 6.45) is 3.19. The lowest BCUT2D eigenvalue weighted by Crippen LogP contribution is -1.98. The normalized spacial score (nSPS) is 11.7. The van der Waals surface area contributed by atoms with Crippen LogP contribution in [-0.4, -0.2) is 26.9 Å². The molecule has 0 amide bonds. The first kappa shape index (κ1) is 15.5. The molecular weight excluding hydrogens is 290 g/mol. The summed E-state index contributed by atoms with van der Waals surface area (Å²) in [4.78, 5) is 4.23. The topological polar surface area (TPSA) is 77.6 Å². The van der Waals surface area contributed by atoms with Gasteiger partial charge in [-0.1, -0.05) is 19.0 Å². The first-order valence-corrected chi connectivity index (χ1v) is 8.89. The zero-order valence-electron chi connectivity index (χ0n) is 12.6. The second-order valence-electron chi connectivity index (χ2n) is 5.26. The fourth-order valence-electron chi connectivity index (χ4n) is 1.57. The molecule has 0 N–H and O–H groups in total. The van der Waals surface area contributed by atoms with Crippen LogP contribution in [0.5, 0.6) is 5.75 Å². The summed E-state index contributed by atoms with van der Waals surface area (Å²) in [6, 6.07) is 7.07. The molecule has 1 aromatic heterocycles. The van der Waals surface area contributed by atoms with E-state index in [-0.39, 0.29) is 12.5 Å². The van der Waals surface area contributed by atoms with E-state index in [0.29, 0.717) is 23.2 Å². The number of hydrogen-bond acceptors (Lipinski definition) is 6. The third kappa shape index (κ3) is 4.86. The van der Waals surface area contributed by atoms with Crippen molar-refractivity contribution in [1.82, 2.24) is 10.1 Å². The van der Waals surface area contributed by atoms with Crippen LogP contribution in [0.2, 0.25) is 0 Å². The van der Waals surface area contributed by atoms with Crippen molar-refractivity contribution < 1.29 is 13.5 Å². The van der Waals surface area contributed by atoms with E-state index in [1.807, 2.05) is 13.8 Å². The van der Waals surface area contributed by atoms with Crippen molar-refractivity contribution in [1.29, 1.82) is 0 Å². The Bertz CT molecular complexity index is 705. The van der Waals surface area contributed by atoms with Gasteiger partial charge < -0.3 is 9.26 Å². The number of benzene rings is 1. The van der Waals surface area contributed by atoms with E-state index in [9.17, 15) is 4.21 Å². The number of aromatic nitrogens is 2. The Morgan fingerprint density at radius 1 is 1.29 bits per heavy atom. The quantitative estimate of drug-likeness (QED) is 0.848. The van der Waals surface area contributed by atoms with Crippen molar-refractivity contribution in [3.8, 4) is 5.75 Å². The summed E-state index contributed by atoms with van der Waals surface area (Å²) >= 11 is 0. The molecule has 0 radical (unpaired) electrons. The molecule has 2 rings (SSSR count). The van der Waals surface area contributed by atoms with Gasteiger partial charge in [-0.25, -0.2) is 4.21 Å². The van der Waals surface area contributed by atoms with Crippen LogP contribution in [0.1, 0.15) is 31.5 Å². The molecule has 0 fully saturated rings. The van der Waals surface area contributed by atoms with Gasteiger partial charge in [-0.05, 0) is 24.3 Å². The van der Waals surface area contributed by atoms with Crippen molar-refractivity contribution in [2.45, 2.75) is 26.4 Å². The molecule has 0 bridgehead atoms. The van der Waals surface area contributed by atoms with E-state index in [2.05, 4.69) is 14.5 Å². The van der Waals surface area contributed by atoms with E-state index in [1.54, 1.807) is 36.8 Å². The Morgan fingerprint density at radius 3 is 2.48 bits per heavy atom. The molecular formula is C14H19N3O3S. The van der Waals surface area contributed by atoms with Crippen LogP contribution in [0, 0.1) is 0 Å². The molecule has 0 saturated heterocycles. The molecule has 1 heterocycles. The highest BCUT2D eigenvalue weighted by molar-refractivity contribution is 7.92. The first-order valence-electron chi connectivity index (χ1n) is 6.56. The molecule has 0 spiro atoms. The fraction of sp³-hybridized carbons (Fsp3) is 0.429. The maximum atomic E-state index is 11.6. The van der Waals surface area contributed by atoms with E-state index in [4.69, 9.17) is 9.26 Å². The van der Waals surface area contributed by atoms with Crippen molar-refractivity contribution in [3.63, 3.8) is 0 Å². The molecule has 0 unspecified atom stereocenters. The fourth-order valence-corrected chi connectivity index (χ4v) is 2.19. The van der Waals surface area contributed by atoms with Crippen LogP contribution in [0.25, 0.3) is 0 Å². The molecule has 0 saturated carbocycles. The predicted octanol–water partition coefficient (Wildman–Crippen LogP) is 3.13. The van der Waals surface area contributed by atoms with Crippen LogP contribution in [0.15, 0.2) is 33.2 Å². The standard InChI is InChI=1S/C14H19N3O3S/c1-10(2)14-15-13(16-20-14)9-19-12-7-5-11(6-8-12)17-21(3,4)18/h5-8,10H,9H2,1-4H3. The van der Waals surface area contributed by atoms with E-state index in [0.717, 1.165) is 0 Å². The van der Waals surface area contributed by atoms with Crippen molar-refractivity contribution >= 4 is 15.4 Å². The molecule has 2 aromatic rings. The smallest absolute Gasteiger partial charge is 0.229 e. The van der Waals surface area contributed by atoms with Crippen LogP contribution >= 0.6 is 0 Å². The highest BCUT2D eigenvalue weighted by Gasteiger charge is 2.10. The minimum Gasteiger partial charge on any atom is -0.485 e. The summed E-state index contributed by atoms with van der Waals surface area (Å²) in [6.45, 7) is 4.21. The van der Waals surface area contributed by atoms with Crippen LogP contribution in [-0.2, 0) is 16.3 Å². The Balaban J connectivity index is 1.99. The van der Waals surface area contributed by atoms with E-state index >= 15 is 0 Å². The second-order valence-corrected chi connectivity index (χ2v) is 7.80. The van der Waals surface area contributed by atoms with Crippen LogP contribution < -0.4 is 4.74 Å². The molecule has 114 valence electrons. The zero-order valence-corrected chi connectivity index (χ0v) is 13.4. The van der Waals surface area contributed by atoms with Crippen LogP contribution in [0.3, 0.4) is 0 Å². The third-order valence-corrected chi connectivity index (χ3v) is 3.16. The summed E-state index contributed by atoms with van der Waals surface area (Å²) in [7, 11) is -2.15. The molecule has 0 aliphatic carbocycles. The number of rotatable bonds is 5. The monoisotopic (exact) mass is 309 g/mol. The lowest BCUT2D eigenvalue weighted by molar-refractivity contribution is 0.284. The van der Waals surface area contributed by atoms with Gasteiger partial charge in [0, 0.05) is 28.2 Å². The van der Waals surface area contributed by atoms with Gasteiger partial charge in [-0.15, -0.1) is 0 Å². The van der Waals surface area contributed by atoms with E-state index in [1.165, 1.54) is 0 Å². The van der Waals surface area contributed by atoms with Gasteiger partial charge in [-0.3, -0.25) is 0 Å². The Labute approximate surface area is 124 Å². The average molecular weight is 309 g/mol. The highest BCUT2D eigenvalue weighted by Crippen LogP contribution is 2.20. The molecule has 0 aliphatic rings. The minimum absolute atomic E-state index is 0.199. The maximum absolute atomic E-state index is 11.6. The molecule has 7 heteroatoms. The lowest BCUT2D eigenvalue weighted by Gasteiger charge is -2.03. The lowest BCUT2D eigenvalue weighted by atomic mass is 10.2. The number of hydrogen-bond donors (Lipinski definition) is 0. The summed E-state index contributed by atoms with van der Waals surface area (Å²) in [5.74, 6) is 1.98. The SMILES string of the molecule is CC(C)c1nc(COc2ccc(N=S(C)(C)=O)cc2)no1. The molecule has 6 nitrogen and oxygen atoms in total. The number of nitrogens with zero attached hydrogens (tertiary/aromatic N) is 3. The van der Waals surface area contributed by atoms with Gasteiger partial charge in [0.15, 0.2) is 6.61 Å². The largest absolute Gasteiger partial charge is 0.485 e. The van der Waals surface area contributed by atoms with E-state index < -0.39 is 9.73 Å². The van der Waals surface area contributed by atoms with Crippen molar-refractivity contribution in [2.75, 3.05) is 12.5 Å². The summed E-state index contributed by atoms with van der Waals surface area (Å²) in [5, 5.41) is 3.85. The van der Waals surface area contributed by atoms with Crippen LogP contribution in [0.4, 0.5) is 5.69 Å². The third-order valence-electron chi connectivity index (χ3n) is 2.51. The van der Waals surface area contributed by atoms with Gasteiger partial charge in [0.1, 0.15) is 5.75 Å². The van der Waals surface area contributed by atoms with Crippen molar-refractivity contribution in [3.05, 3.63) is 36.0 Å². The average Bonchev–Trinajstić information content (AvgIpc) is 2.85. The summed E-state index contributed by atoms with van der Waals surface area (Å²) in [5.41, 5.74) is 0.666. The maximum Gasteiger partial charge on any atom is 0.229 e. The predicted molar refractivity (Wildman–Crippen MR) is 81.2 cm³/mol. The Morgan fingerprint density at radius 2 is 1.95 bits per heavy atom. The van der Waals surface area contributed by atoms with Gasteiger partial charge in [0.05, 0.1) is 5.69 Å². The minimum atomic E-state index is -2.15.